The highest BCUT2D eigenvalue weighted by atomic mass is 32.1. The first kappa shape index (κ1) is 16.4. The van der Waals surface area contributed by atoms with Gasteiger partial charge < -0.3 is 19.1 Å². The van der Waals surface area contributed by atoms with Gasteiger partial charge in [0, 0.05) is 19.7 Å². The summed E-state index contributed by atoms with van der Waals surface area (Å²) >= 11 is 1.19. The summed E-state index contributed by atoms with van der Waals surface area (Å²) in [7, 11) is 2.11. The summed E-state index contributed by atoms with van der Waals surface area (Å²) in [6, 6.07) is 0. The summed E-state index contributed by atoms with van der Waals surface area (Å²) in [5, 5.41) is 0. The lowest BCUT2D eigenvalue weighted by molar-refractivity contribution is 0.0400. The molecule has 0 aliphatic carbocycles. The molecule has 21 heavy (non-hydrogen) atoms. The van der Waals surface area contributed by atoms with Crippen molar-refractivity contribution in [3.05, 3.63) is 11.8 Å². The molecule has 0 radical (unpaired) electrons. The number of hydrogen-bond donors (Lipinski definition) is 0. The second-order valence-electron chi connectivity index (χ2n) is 4.83. The third-order valence-corrected chi connectivity index (χ3v) is 3.66. The van der Waals surface area contributed by atoms with Gasteiger partial charge in [0.25, 0.3) is 5.88 Å². The highest BCUT2D eigenvalue weighted by Gasteiger charge is 2.18. The van der Waals surface area contributed by atoms with Gasteiger partial charge in [-0.15, -0.1) is 4.37 Å². The maximum absolute atomic E-state index is 5.68. The molecule has 0 bridgehead atoms. The minimum absolute atomic E-state index is 0.480. The molecule has 2 heterocycles. The van der Waals surface area contributed by atoms with E-state index in [4.69, 9.17) is 14.2 Å². The second kappa shape index (κ2) is 9.09. The van der Waals surface area contributed by atoms with Crippen LogP contribution in [-0.2, 0) is 9.47 Å². The Labute approximate surface area is 130 Å². The molecule has 0 spiro atoms. The molecule has 0 saturated heterocycles. The summed E-state index contributed by atoms with van der Waals surface area (Å²) in [4.78, 5) is 2.27. The fraction of sp³-hybridized carbons (Fsp3) is 0.714. The number of likely N-dealkylation sites (N-methyl/N-ethyl adjacent to an activating group) is 1. The Balaban J connectivity index is 1.74. The van der Waals surface area contributed by atoms with Crippen LogP contribution in [0.3, 0.4) is 0 Å². The molecule has 0 saturated carbocycles. The van der Waals surface area contributed by atoms with Gasteiger partial charge >= 0.3 is 0 Å². The molecule has 1 aromatic heterocycles. The van der Waals surface area contributed by atoms with E-state index in [1.807, 2.05) is 6.92 Å². The first-order chi connectivity index (χ1) is 10.3. The molecule has 1 aliphatic rings. The van der Waals surface area contributed by atoms with Crippen molar-refractivity contribution in [3.8, 4) is 5.88 Å². The zero-order valence-corrected chi connectivity index (χ0v) is 13.5. The van der Waals surface area contributed by atoms with Gasteiger partial charge in [-0.25, -0.2) is 0 Å². The zero-order chi connectivity index (χ0) is 14.9. The van der Waals surface area contributed by atoms with E-state index in [1.165, 1.54) is 17.3 Å². The highest BCUT2D eigenvalue weighted by Crippen LogP contribution is 2.26. The maximum Gasteiger partial charge on any atom is 0.253 e. The van der Waals surface area contributed by atoms with Crippen LogP contribution in [0.15, 0.2) is 6.08 Å². The third-order valence-electron chi connectivity index (χ3n) is 3.15. The lowest BCUT2D eigenvalue weighted by Gasteiger charge is -2.22. The molecular formula is C14H23N3O3S. The Kier molecular flexibility index (Phi) is 7.08. The summed E-state index contributed by atoms with van der Waals surface area (Å²) < 4.78 is 24.9. The van der Waals surface area contributed by atoms with Gasteiger partial charge in [0.1, 0.15) is 12.3 Å². The summed E-state index contributed by atoms with van der Waals surface area (Å²) in [6.45, 7) is 6.90. The van der Waals surface area contributed by atoms with Crippen LogP contribution in [0.25, 0.3) is 5.57 Å². The van der Waals surface area contributed by atoms with Crippen molar-refractivity contribution >= 4 is 17.3 Å². The van der Waals surface area contributed by atoms with Crippen LogP contribution < -0.4 is 4.74 Å². The SMILES string of the molecule is CCOCCOCCOc1nsnc1C1=CCCN(C)C1. The number of aromatic nitrogens is 2. The van der Waals surface area contributed by atoms with Crippen molar-refractivity contribution < 1.29 is 14.2 Å². The summed E-state index contributed by atoms with van der Waals surface area (Å²) in [5.41, 5.74) is 2.07. The van der Waals surface area contributed by atoms with Gasteiger partial charge in [0.2, 0.25) is 0 Å². The average molecular weight is 313 g/mol. The number of hydrogen-bond acceptors (Lipinski definition) is 7. The quantitative estimate of drug-likeness (QED) is 0.647. The number of nitrogens with zero attached hydrogens (tertiary/aromatic N) is 3. The van der Waals surface area contributed by atoms with E-state index in [2.05, 4.69) is 26.8 Å². The van der Waals surface area contributed by atoms with E-state index in [1.54, 1.807) is 0 Å². The van der Waals surface area contributed by atoms with E-state index in [-0.39, 0.29) is 0 Å². The predicted molar refractivity (Wildman–Crippen MR) is 82.8 cm³/mol. The maximum atomic E-state index is 5.68. The Morgan fingerprint density at radius 3 is 2.81 bits per heavy atom. The largest absolute Gasteiger partial charge is 0.473 e. The number of ether oxygens (including phenoxy) is 3. The normalized spacial score (nSPS) is 16.0. The Hall–Kier alpha value is -1.02. The number of rotatable bonds is 9. The monoisotopic (exact) mass is 313 g/mol. The van der Waals surface area contributed by atoms with Crippen LogP contribution in [0.5, 0.6) is 5.88 Å². The van der Waals surface area contributed by atoms with Crippen LogP contribution in [0, 0.1) is 0 Å². The van der Waals surface area contributed by atoms with Crippen molar-refractivity contribution in [2.24, 2.45) is 0 Å². The molecule has 0 unspecified atom stereocenters. The molecular weight excluding hydrogens is 290 g/mol. The van der Waals surface area contributed by atoms with Crippen LogP contribution in [0.2, 0.25) is 0 Å². The molecule has 0 atom stereocenters. The van der Waals surface area contributed by atoms with E-state index in [0.717, 1.165) is 31.8 Å². The third kappa shape index (κ3) is 5.35. The zero-order valence-electron chi connectivity index (χ0n) is 12.7. The van der Waals surface area contributed by atoms with Crippen molar-refractivity contribution in [1.29, 1.82) is 0 Å². The summed E-state index contributed by atoms with van der Waals surface area (Å²) in [6.07, 6.45) is 3.27. The lowest BCUT2D eigenvalue weighted by atomic mass is 10.1. The van der Waals surface area contributed by atoms with Crippen molar-refractivity contribution in [1.82, 2.24) is 13.6 Å². The van der Waals surface area contributed by atoms with Crippen molar-refractivity contribution in [2.75, 3.05) is 53.2 Å². The van der Waals surface area contributed by atoms with Crippen LogP contribution in [0.4, 0.5) is 0 Å². The fourth-order valence-electron chi connectivity index (χ4n) is 2.10. The molecule has 2 rings (SSSR count). The first-order valence-corrected chi connectivity index (χ1v) is 8.03. The van der Waals surface area contributed by atoms with Crippen molar-refractivity contribution in [2.45, 2.75) is 13.3 Å². The van der Waals surface area contributed by atoms with Crippen molar-refractivity contribution in [3.63, 3.8) is 0 Å². The van der Waals surface area contributed by atoms with E-state index in [0.29, 0.717) is 32.3 Å². The van der Waals surface area contributed by atoms with Gasteiger partial charge in [-0.2, -0.15) is 4.37 Å². The molecule has 6 nitrogen and oxygen atoms in total. The topological polar surface area (TPSA) is 56.7 Å². The minimum Gasteiger partial charge on any atom is -0.473 e. The van der Waals surface area contributed by atoms with E-state index < -0.39 is 0 Å². The van der Waals surface area contributed by atoms with Gasteiger partial charge in [0.05, 0.1) is 31.5 Å². The standard InChI is InChI=1S/C14H23N3O3S/c1-3-18-7-8-19-9-10-20-14-13(15-21-16-14)12-5-4-6-17(2)11-12/h5H,3-4,6-11H2,1-2H3. The molecule has 1 aromatic rings. The highest BCUT2D eigenvalue weighted by molar-refractivity contribution is 6.99. The van der Waals surface area contributed by atoms with Gasteiger partial charge in [-0.05, 0) is 26.0 Å². The molecule has 7 heteroatoms. The first-order valence-electron chi connectivity index (χ1n) is 7.30. The molecule has 0 aromatic carbocycles. The Morgan fingerprint density at radius 2 is 2.00 bits per heavy atom. The fourth-order valence-corrected chi connectivity index (χ4v) is 2.63. The van der Waals surface area contributed by atoms with Crippen LogP contribution in [-0.4, -0.2) is 66.8 Å². The predicted octanol–water partition coefficient (Wildman–Crippen LogP) is 1.69. The summed E-state index contributed by atoms with van der Waals surface area (Å²) in [5.74, 6) is 0.620. The lowest BCUT2D eigenvalue weighted by Crippen LogP contribution is -2.25. The van der Waals surface area contributed by atoms with E-state index in [9.17, 15) is 0 Å². The Morgan fingerprint density at radius 1 is 1.19 bits per heavy atom. The van der Waals surface area contributed by atoms with Crippen LogP contribution in [0.1, 0.15) is 19.0 Å². The van der Waals surface area contributed by atoms with Crippen LogP contribution >= 0.6 is 11.7 Å². The minimum atomic E-state index is 0.480. The molecule has 0 amide bonds. The molecule has 118 valence electrons. The second-order valence-corrected chi connectivity index (χ2v) is 5.36. The smallest absolute Gasteiger partial charge is 0.253 e. The molecule has 0 N–H and O–H groups in total. The van der Waals surface area contributed by atoms with Gasteiger partial charge in [-0.1, -0.05) is 6.08 Å². The molecule has 1 aliphatic heterocycles. The average Bonchev–Trinajstić information content (AvgIpc) is 2.95. The Bertz CT molecular complexity index is 450. The van der Waals surface area contributed by atoms with E-state index >= 15 is 0 Å². The molecule has 0 fully saturated rings. The van der Waals surface area contributed by atoms with Gasteiger partial charge in [0.15, 0.2) is 0 Å². The van der Waals surface area contributed by atoms with Gasteiger partial charge in [-0.3, -0.25) is 0 Å².